The van der Waals surface area contributed by atoms with E-state index in [0.717, 1.165) is 12.8 Å². The first-order valence-electron chi connectivity index (χ1n) is 7.13. The summed E-state index contributed by atoms with van der Waals surface area (Å²) in [6, 6.07) is 5.52. The molecule has 1 aromatic carbocycles. The molecule has 22 heavy (non-hydrogen) atoms. The van der Waals surface area contributed by atoms with Gasteiger partial charge in [-0.15, -0.1) is 12.4 Å². The van der Waals surface area contributed by atoms with Crippen molar-refractivity contribution in [2.45, 2.75) is 37.3 Å². The summed E-state index contributed by atoms with van der Waals surface area (Å²) >= 11 is 0. The molecule has 0 aromatic heterocycles. The first-order chi connectivity index (χ1) is 9.99. The molecular formula is C15H22ClFN2O3. The highest BCUT2D eigenvalue weighted by atomic mass is 35.5. The van der Waals surface area contributed by atoms with Crippen LogP contribution in [-0.2, 0) is 4.79 Å². The Bertz CT molecular complexity index is 478. The molecule has 1 aromatic rings. The minimum atomic E-state index is -0.844. The van der Waals surface area contributed by atoms with Crippen LogP contribution < -0.4 is 15.8 Å². The Labute approximate surface area is 135 Å². The molecule has 1 fully saturated rings. The van der Waals surface area contributed by atoms with Gasteiger partial charge in [0.25, 0.3) is 0 Å². The summed E-state index contributed by atoms with van der Waals surface area (Å²) in [5.41, 5.74) is 5.21. The van der Waals surface area contributed by atoms with Gasteiger partial charge in [-0.2, -0.15) is 0 Å². The molecule has 1 aliphatic rings. The third-order valence-corrected chi connectivity index (χ3v) is 3.70. The van der Waals surface area contributed by atoms with Gasteiger partial charge in [-0.3, -0.25) is 4.79 Å². The summed E-state index contributed by atoms with van der Waals surface area (Å²) < 4.78 is 18.0. The maximum atomic E-state index is 12.7. The first kappa shape index (κ1) is 18.7. The number of amides is 1. The Morgan fingerprint density at radius 2 is 1.95 bits per heavy atom. The normalized spacial score (nSPS) is 17.4. The smallest absolute Gasteiger partial charge is 0.240 e. The van der Waals surface area contributed by atoms with Crippen molar-refractivity contribution in [1.29, 1.82) is 0 Å². The van der Waals surface area contributed by atoms with Gasteiger partial charge in [0.2, 0.25) is 5.91 Å². The van der Waals surface area contributed by atoms with Crippen LogP contribution in [0.1, 0.15) is 25.7 Å². The van der Waals surface area contributed by atoms with Crippen LogP contribution in [0.25, 0.3) is 0 Å². The maximum absolute atomic E-state index is 12.7. The highest BCUT2D eigenvalue weighted by Crippen LogP contribution is 2.27. The highest BCUT2D eigenvalue weighted by molar-refractivity contribution is 5.86. The number of aliphatic hydroxyl groups is 1. The molecule has 124 valence electrons. The van der Waals surface area contributed by atoms with Crippen LogP contribution in [-0.4, -0.2) is 35.8 Å². The van der Waals surface area contributed by atoms with Gasteiger partial charge in [0.05, 0.1) is 5.54 Å². The van der Waals surface area contributed by atoms with Crippen molar-refractivity contribution in [2.24, 2.45) is 5.73 Å². The van der Waals surface area contributed by atoms with Crippen LogP contribution in [0.2, 0.25) is 0 Å². The number of carbonyl (C=O) groups excluding carboxylic acids is 1. The summed E-state index contributed by atoms with van der Waals surface area (Å²) in [5, 5.41) is 12.4. The fraction of sp³-hybridized carbons (Fsp3) is 0.533. The summed E-state index contributed by atoms with van der Waals surface area (Å²) in [5.74, 6) is -0.103. The van der Waals surface area contributed by atoms with Crippen molar-refractivity contribution in [3.63, 3.8) is 0 Å². The number of carbonyl (C=O) groups is 1. The van der Waals surface area contributed by atoms with Crippen LogP contribution in [0.4, 0.5) is 4.39 Å². The van der Waals surface area contributed by atoms with E-state index in [-0.39, 0.29) is 37.3 Å². The summed E-state index contributed by atoms with van der Waals surface area (Å²) in [7, 11) is 0. The van der Waals surface area contributed by atoms with E-state index in [2.05, 4.69) is 5.32 Å². The molecule has 0 heterocycles. The second kappa shape index (κ2) is 8.31. The lowest BCUT2D eigenvalue weighted by Crippen LogP contribution is -2.53. The van der Waals surface area contributed by atoms with Crippen LogP contribution in [0.5, 0.6) is 5.75 Å². The number of aliphatic hydroxyl groups excluding tert-OH is 1. The third-order valence-electron chi connectivity index (χ3n) is 3.70. The van der Waals surface area contributed by atoms with E-state index >= 15 is 0 Å². The van der Waals surface area contributed by atoms with Crippen molar-refractivity contribution in [2.75, 3.05) is 13.2 Å². The fourth-order valence-electron chi connectivity index (χ4n) is 2.40. The van der Waals surface area contributed by atoms with E-state index in [4.69, 9.17) is 10.5 Å². The molecule has 1 saturated carbocycles. The molecule has 0 aliphatic heterocycles. The Balaban J connectivity index is 0.00000242. The fourth-order valence-corrected chi connectivity index (χ4v) is 2.40. The van der Waals surface area contributed by atoms with Gasteiger partial charge in [-0.05, 0) is 37.1 Å². The monoisotopic (exact) mass is 332 g/mol. The summed E-state index contributed by atoms with van der Waals surface area (Å²) in [4.78, 5) is 12.0. The number of hydrogen-bond acceptors (Lipinski definition) is 4. The predicted molar refractivity (Wildman–Crippen MR) is 83.5 cm³/mol. The summed E-state index contributed by atoms with van der Waals surface area (Å²) in [6.45, 7) is 0.0997. The highest BCUT2D eigenvalue weighted by Gasteiger charge is 2.36. The zero-order chi connectivity index (χ0) is 15.3. The number of ether oxygens (including phenoxy) is 1. The third kappa shape index (κ3) is 5.12. The van der Waals surface area contributed by atoms with Crippen molar-refractivity contribution in [3.05, 3.63) is 30.1 Å². The topological polar surface area (TPSA) is 84.6 Å². The van der Waals surface area contributed by atoms with Gasteiger partial charge < -0.3 is 20.9 Å². The largest absolute Gasteiger partial charge is 0.491 e. The molecule has 1 unspecified atom stereocenters. The minimum absolute atomic E-state index is 0. The van der Waals surface area contributed by atoms with Gasteiger partial charge in [0.1, 0.15) is 24.3 Å². The Morgan fingerprint density at radius 3 is 2.55 bits per heavy atom. The standard InChI is InChI=1S/C15H21FN2O3.ClH/c16-11-3-5-13(6-4-11)21-10-12(19)9-18-14(20)15(17)7-1-2-8-15;/h3-6,12,19H,1-2,7-10,17H2,(H,18,20);1H. The number of nitrogens with one attached hydrogen (secondary N) is 1. The first-order valence-corrected chi connectivity index (χ1v) is 7.13. The zero-order valence-corrected chi connectivity index (χ0v) is 13.1. The zero-order valence-electron chi connectivity index (χ0n) is 12.3. The maximum Gasteiger partial charge on any atom is 0.240 e. The summed E-state index contributed by atoms with van der Waals surface area (Å²) in [6.07, 6.45) is 2.44. The Hall–Kier alpha value is -1.37. The van der Waals surface area contributed by atoms with Gasteiger partial charge in [-0.1, -0.05) is 12.8 Å². The molecule has 0 radical (unpaired) electrons. The second-order valence-electron chi connectivity index (χ2n) is 5.49. The van der Waals surface area contributed by atoms with E-state index in [1.165, 1.54) is 24.3 Å². The molecule has 4 N–H and O–H groups in total. The van der Waals surface area contributed by atoms with Gasteiger partial charge in [0.15, 0.2) is 0 Å². The van der Waals surface area contributed by atoms with Crippen LogP contribution in [0.3, 0.4) is 0 Å². The van der Waals surface area contributed by atoms with Gasteiger partial charge >= 0.3 is 0 Å². The Morgan fingerprint density at radius 1 is 1.36 bits per heavy atom. The molecule has 0 bridgehead atoms. The van der Waals surface area contributed by atoms with Gasteiger partial charge in [0, 0.05) is 6.54 Å². The number of halogens is 2. The molecule has 1 atom stereocenters. The van der Waals surface area contributed by atoms with Crippen LogP contribution in [0.15, 0.2) is 24.3 Å². The molecule has 1 aliphatic carbocycles. The molecule has 0 saturated heterocycles. The van der Waals surface area contributed by atoms with E-state index in [1.54, 1.807) is 0 Å². The van der Waals surface area contributed by atoms with Gasteiger partial charge in [-0.25, -0.2) is 4.39 Å². The molecule has 5 nitrogen and oxygen atoms in total. The predicted octanol–water partition coefficient (Wildman–Crippen LogP) is 1.37. The lowest BCUT2D eigenvalue weighted by molar-refractivity contribution is -0.126. The number of rotatable bonds is 6. The van der Waals surface area contributed by atoms with Crippen molar-refractivity contribution < 1.29 is 19.0 Å². The minimum Gasteiger partial charge on any atom is -0.491 e. The average molecular weight is 333 g/mol. The lowest BCUT2D eigenvalue weighted by atomic mass is 9.98. The second-order valence-corrected chi connectivity index (χ2v) is 5.49. The number of hydrogen-bond donors (Lipinski definition) is 3. The van der Waals surface area contributed by atoms with Crippen LogP contribution >= 0.6 is 12.4 Å². The quantitative estimate of drug-likeness (QED) is 0.734. The average Bonchev–Trinajstić information content (AvgIpc) is 2.92. The number of nitrogens with two attached hydrogens (primary N) is 1. The molecule has 0 spiro atoms. The van der Waals surface area contributed by atoms with E-state index < -0.39 is 11.6 Å². The molecule has 1 amide bonds. The molecule has 7 heteroatoms. The molecular weight excluding hydrogens is 311 g/mol. The van der Waals surface area contributed by atoms with Crippen molar-refractivity contribution >= 4 is 18.3 Å². The van der Waals surface area contributed by atoms with E-state index in [1.807, 2.05) is 0 Å². The lowest BCUT2D eigenvalue weighted by Gasteiger charge is -2.23. The SMILES string of the molecule is Cl.NC1(C(=O)NCC(O)COc2ccc(F)cc2)CCCC1. The van der Waals surface area contributed by atoms with E-state index in [0.29, 0.717) is 18.6 Å². The number of benzene rings is 1. The van der Waals surface area contributed by atoms with Crippen LogP contribution in [0, 0.1) is 5.82 Å². The van der Waals surface area contributed by atoms with E-state index in [9.17, 15) is 14.3 Å². The van der Waals surface area contributed by atoms with Crippen molar-refractivity contribution in [1.82, 2.24) is 5.32 Å². The Kier molecular flexibility index (Phi) is 7.06. The van der Waals surface area contributed by atoms with Crippen molar-refractivity contribution in [3.8, 4) is 5.75 Å². The molecule has 2 rings (SSSR count).